The molecule has 284 valence electrons. The number of nitrogens with one attached hydrogen (secondary N) is 2. The first-order chi connectivity index (χ1) is 25.6. The molecule has 1 spiro atoms. The third kappa shape index (κ3) is 9.78. The van der Waals surface area contributed by atoms with E-state index in [1.807, 2.05) is 24.4 Å². The number of aryl methyl sites for hydroxylation is 1. The highest BCUT2D eigenvalue weighted by atomic mass is 19.1. The molecule has 1 amide bonds. The molecule has 2 saturated heterocycles. The monoisotopic (exact) mass is 730 g/mol. The number of likely N-dealkylation sites (N-methyl/N-ethyl adjacent to an activating group) is 1. The van der Waals surface area contributed by atoms with Crippen LogP contribution in [0.2, 0.25) is 0 Å². The first kappa shape index (κ1) is 38.3. The van der Waals surface area contributed by atoms with Crippen LogP contribution in [0.5, 0.6) is 5.75 Å². The van der Waals surface area contributed by atoms with Crippen LogP contribution in [0.25, 0.3) is 10.9 Å². The fraction of sp³-hybridized carbons (Fsp3) is 0.475. The molecule has 2 aliphatic rings. The van der Waals surface area contributed by atoms with Crippen LogP contribution < -0.4 is 15.8 Å². The summed E-state index contributed by atoms with van der Waals surface area (Å²) in [5.41, 5.74) is 2.79. The van der Waals surface area contributed by atoms with Gasteiger partial charge in [-0.3, -0.25) is 14.5 Å². The normalized spacial score (nSPS) is 16.6. The number of nitrogens with zero attached hydrogens (tertiary/aromatic N) is 4. The van der Waals surface area contributed by atoms with Crippen LogP contribution in [0.3, 0.4) is 0 Å². The van der Waals surface area contributed by atoms with Gasteiger partial charge in [0.15, 0.2) is 0 Å². The average Bonchev–Trinajstić information content (AvgIpc) is 3.15. The molecule has 4 N–H and O–H groups in total. The molecule has 0 bridgehead atoms. The molecule has 6 rings (SSSR count). The largest absolute Gasteiger partial charge is 0.506 e. The molecule has 0 saturated carbocycles. The topological polar surface area (TPSA) is 143 Å². The minimum atomic E-state index is -0.882. The van der Waals surface area contributed by atoms with E-state index in [-0.39, 0.29) is 53.7 Å². The summed E-state index contributed by atoms with van der Waals surface area (Å²) in [5.74, 6) is 0.669. The average molecular weight is 731 g/mol. The summed E-state index contributed by atoms with van der Waals surface area (Å²) >= 11 is 0. The highest BCUT2D eigenvalue weighted by molar-refractivity contribution is 5.87. The summed E-state index contributed by atoms with van der Waals surface area (Å²) in [6.45, 7) is 8.29. The second-order valence-corrected chi connectivity index (χ2v) is 14.2. The van der Waals surface area contributed by atoms with Gasteiger partial charge < -0.3 is 39.8 Å². The van der Waals surface area contributed by atoms with Gasteiger partial charge in [0.05, 0.1) is 43.5 Å². The van der Waals surface area contributed by atoms with Crippen molar-refractivity contribution in [1.82, 2.24) is 25.1 Å². The second-order valence-electron chi connectivity index (χ2n) is 14.2. The summed E-state index contributed by atoms with van der Waals surface area (Å²) in [5, 5.41) is 24.5. The van der Waals surface area contributed by atoms with Gasteiger partial charge in [0.1, 0.15) is 17.4 Å². The van der Waals surface area contributed by atoms with Gasteiger partial charge in [0, 0.05) is 82.6 Å². The number of piperidine rings is 1. The second kappa shape index (κ2) is 17.6. The zero-order valence-electron chi connectivity index (χ0n) is 30.7. The number of hydrogen-bond acceptors (Lipinski definition) is 10. The molecule has 0 unspecified atom stereocenters. The molecule has 0 radical (unpaired) electrons. The Morgan fingerprint density at radius 3 is 2.75 bits per heavy atom. The van der Waals surface area contributed by atoms with E-state index in [4.69, 9.17) is 9.47 Å². The summed E-state index contributed by atoms with van der Waals surface area (Å²) in [6, 6.07) is 15.7. The molecule has 2 aromatic carbocycles. The van der Waals surface area contributed by atoms with Crippen molar-refractivity contribution in [3.05, 3.63) is 99.2 Å². The van der Waals surface area contributed by atoms with Crippen molar-refractivity contribution in [2.45, 2.75) is 50.9 Å². The maximum Gasteiger partial charge on any atom is 0.248 e. The Bertz CT molecular complexity index is 1910. The summed E-state index contributed by atoms with van der Waals surface area (Å²) < 4.78 is 27.6. The van der Waals surface area contributed by atoms with E-state index in [0.29, 0.717) is 61.3 Å². The van der Waals surface area contributed by atoms with E-state index in [2.05, 4.69) is 38.1 Å². The van der Waals surface area contributed by atoms with Gasteiger partial charge in [-0.1, -0.05) is 24.3 Å². The first-order valence-electron chi connectivity index (χ1n) is 18.5. The van der Waals surface area contributed by atoms with E-state index in [9.17, 15) is 19.8 Å². The summed E-state index contributed by atoms with van der Waals surface area (Å²) in [7, 11) is 1.72. The Labute approximate surface area is 309 Å². The van der Waals surface area contributed by atoms with Gasteiger partial charge in [-0.2, -0.15) is 0 Å². The number of ether oxygens (including phenoxy) is 2. The number of phenolic OH excluding ortho intramolecular Hbond substituents is 1. The molecule has 53 heavy (non-hydrogen) atoms. The predicted molar refractivity (Wildman–Crippen MR) is 202 cm³/mol. The third-order valence-electron chi connectivity index (χ3n) is 10.4. The lowest BCUT2D eigenvalue weighted by atomic mass is 9.89. The Morgan fingerprint density at radius 1 is 1.13 bits per heavy atom. The molecule has 4 heterocycles. The fourth-order valence-corrected chi connectivity index (χ4v) is 7.25. The van der Waals surface area contributed by atoms with Gasteiger partial charge >= 0.3 is 0 Å². The van der Waals surface area contributed by atoms with E-state index in [1.165, 1.54) is 17.7 Å². The van der Waals surface area contributed by atoms with Crippen LogP contribution in [-0.4, -0.2) is 114 Å². The van der Waals surface area contributed by atoms with Crippen molar-refractivity contribution in [3.8, 4) is 5.75 Å². The van der Waals surface area contributed by atoms with Crippen molar-refractivity contribution in [1.29, 1.82) is 0 Å². The van der Waals surface area contributed by atoms with Gasteiger partial charge in [-0.25, -0.2) is 9.37 Å². The smallest absolute Gasteiger partial charge is 0.248 e. The lowest BCUT2D eigenvalue weighted by Gasteiger charge is -2.47. The van der Waals surface area contributed by atoms with Crippen LogP contribution in [0.1, 0.15) is 47.6 Å². The Balaban J connectivity index is 0.872. The molecule has 2 aromatic heterocycles. The summed E-state index contributed by atoms with van der Waals surface area (Å²) in [4.78, 5) is 37.7. The van der Waals surface area contributed by atoms with Crippen molar-refractivity contribution >= 4 is 22.6 Å². The highest BCUT2D eigenvalue weighted by Gasteiger charge is 2.40. The number of fused-ring (bicyclic) bond motifs is 1. The molecular formula is C40H51FN6O6. The van der Waals surface area contributed by atoms with Crippen molar-refractivity contribution < 1.29 is 28.9 Å². The van der Waals surface area contributed by atoms with E-state index >= 15 is 4.39 Å². The van der Waals surface area contributed by atoms with Crippen molar-refractivity contribution in [3.63, 3.8) is 0 Å². The van der Waals surface area contributed by atoms with E-state index < -0.39 is 6.10 Å². The number of aromatic nitrogens is 2. The van der Waals surface area contributed by atoms with Gasteiger partial charge in [-0.15, -0.1) is 0 Å². The first-order valence-corrected chi connectivity index (χ1v) is 18.5. The van der Waals surface area contributed by atoms with Crippen LogP contribution in [0.15, 0.2) is 65.6 Å². The molecule has 13 heteroatoms. The maximum atomic E-state index is 15.6. The molecule has 4 aromatic rings. The van der Waals surface area contributed by atoms with Crippen LogP contribution in [-0.2, 0) is 27.2 Å². The number of halogens is 1. The predicted octanol–water partition coefficient (Wildman–Crippen LogP) is 3.68. The standard InChI is InChI=1S/C40H51FN6O6/c1-28-10-15-43-35(24-28)47-20-23-53-40(27-47)13-17-46(18-14-40)26-30-5-3-4-29(38(30)41)11-21-52-22-12-37(51)45(2)19-16-42-25-34(49)31-6-8-33(48)39-32(31)7-9-36(50)44-39/h3-10,15,24,34,42,48-49H,11-14,16-23,25-27H2,1-2H3,(H,44,50)/t34-/m0/s1. The number of amides is 1. The Kier molecular flexibility index (Phi) is 12.7. The van der Waals surface area contributed by atoms with Gasteiger partial charge in [0.25, 0.3) is 0 Å². The minimum Gasteiger partial charge on any atom is -0.506 e. The number of aliphatic hydroxyl groups is 1. The molecule has 1 atom stereocenters. The number of carbonyl (C=O) groups is 1. The van der Waals surface area contributed by atoms with Crippen molar-refractivity contribution in [2.24, 2.45) is 0 Å². The number of likely N-dealkylation sites (tertiary alicyclic amines) is 1. The fourth-order valence-electron chi connectivity index (χ4n) is 7.25. The number of morpholine rings is 1. The minimum absolute atomic E-state index is 0.0654. The molecule has 0 aliphatic carbocycles. The highest BCUT2D eigenvalue weighted by Crippen LogP contribution is 2.33. The molecule has 2 fully saturated rings. The number of rotatable bonds is 15. The molecule has 2 aliphatic heterocycles. The number of benzene rings is 2. The zero-order chi connectivity index (χ0) is 37.4. The number of aromatic amines is 1. The lowest BCUT2D eigenvalue weighted by Crippen LogP contribution is -2.57. The maximum absolute atomic E-state index is 15.6. The Morgan fingerprint density at radius 2 is 1.94 bits per heavy atom. The number of aromatic hydroxyl groups is 1. The third-order valence-corrected chi connectivity index (χ3v) is 10.4. The van der Waals surface area contributed by atoms with E-state index in [0.717, 1.165) is 44.8 Å². The van der Waals surface area contributed by atoms with Gasteiger partial charge in [0.2, 0.25) is 11.5 Å². The quantitative estimate of drug-likeness (QED) is 0.134. The SMILES string of the molecule is Cc1ccnc(N2CCOC3(CCN(Cc4cccc(CCOCCC(=O)N(C)CCNC[C@H](O)c5ccc(O)c6[nH]c(=O)ccc56)c4F)CC3)C2)c1. The summed E-state index contributed by atoms with van der Waals surface area (Å²) in [6.07, 6.45) is 3.39. The van der Waals surface area contributed by atoms with Gasteiger partial charge in [-0.05, 0) is 67.1 Å². The number of hydrogen-bond donors (Lipinski definition) is 4. The number of carbonyl (C=O) groups excluding carboxylic acids is 1. The number of phenols is 1. The van der Waals surface area contributed by atoms with Crippen LogP contribution in [0, 0.1) is 12.7 Å². The number of pyridine rings is 2. The molecule has 12 nitrogen and oxygen atoms in total. The number of aliphatic hydroxyl groups excluding tert-OH is 1. The number of H-pyrrole nitrogens is 1. The molecular weight excluding hydrogens is 679 g/mol. The zero-order valence-corrected chi connectivity index (χ0v) is 30.7. The van der Waals surface area contributed by atoms with Crippen LogP contribution in [0.4, 0.5) is 10.2 Å². The number of anilines is 1. The van der Waals surface area contributed by atoms with Crippen LogP contribution >= 0.6 is 0 Å². The lowest BCUT2D eigenvalue weighted by molar-refractivity contribution is -0.131. The van der Waals surface area contributed by atoms with E-state index in [1.54, 1.807) is 30.1 Å². The Hall–Kier alpha value is -4.40. The van der Waals surface area contributed by atoms with Crippen molar-refractivity contribution in [2.75, 3.05) is 77.6 Å².